The second kappa shape index (κ2) is 7.94. The fourth-order valence-corrected chi connectivity index (χ4v) is 1.95. The zero-order chi connectivity index (χ0) is 15.1. The Kier molecular flexibility index (Phi) is 6.58. The standard InChI is InChI=1S/C15H27N3O2/c1-11(2)18-10-13(16)9-14(18)15(19)17-7-5-6-8-20-12(3)4/h9-12H,5-8,16H2,1-4H3,(H,17,19). The third-order valence-electron chi connectivity index (χ3n) is 2.97. The van der Waals surface area contributed by atoms with Gasteiger partial charge in [0.1, 0.15) is 5.69 Å². The summed E-state index contributed by atoms with van der Waals surface area (Å²) in [5, 5.41) is 2.92. The van der Waals surface area contributed by atoms with Gasteiger partial charge in [-0.2, -0.15) is 0 Å². The molecule has 0 saturated heterocycles. The molecule has 1 heterocycles. The number of nitrogens with one attached hydrogen (secondary N) is 1. The molecule has 3 N–H and O–H groups in total. The first kappa shape index (κ1) is 16.6. The lowest BCUT2D eigenvalue weighted by Crippen LogP contribution is -2.27. The zero-order valence-electron chi connectivity index (χ0n) is 13.0. The van der Waals surface area contributed by atoms with Crippen molar-refractivity contribution >= 4 is 11.6 Å². The van der Waals surface area contributed by atoms with Crippen molar-refractivity contribution in [2.24, 2.45) is 0 Å². The molecule has 1 aromatic heterocycles. The predicted octanol–water partition coefficient (Wildman–Crippen LogP) is 2.59. The first-order valence-corrected chi connectivity index (χ1v) is 7.29. The summed E-state index contributed by atoms with van der Waals surface area (Å²) in [6, 6.07) is 1.93. The van der Waals surface area contributed by atoms with Crippen LogP contribution in [0.1, 0.15) is 57.1 Å². The lowest BCUT2D eigenvalue weighted by Gasteiger charge is -2.12. The van der Waals surface area contributed by atoms with Gasteiger partial charge >= 0.3 is 0 Å². The minimum absolute atomic E-state index is 0.0693. The lowest BCUT2D eigenvalue weighted by atomic mass is 10.3. The average Bonchev–Trinajstić information content (AvgIpc) is 2.75. The molecule has 114 valence electrons. The van der Waals surface area contributed by atoms with Crippen LogP contribution in [0.3, 0.4) is 0 Å². The number of rotatable bonds is 8. The van der Waals surface area contributed by atoms with E-state index in [4.69, 9.17) is 10.5 Å². The van der Waals surface area contributed by atoms with Gasteiger partial charge in [0.15, 0.2) is 0 Å². The van der Waals surface area contributed by atoms with E-state index in [9.17, 15) is 4.79 Å². The summed E-state index contributed by atoms with van der Waals surface area (Å²) >= 11 is 0. The van der Waals surface area contributed by atoms with Crippen molar-refractivity contribution in [3.8, 4) is 0 Å². The normalized spacial score (nSPS) is 11.3. The van der Waals surface area contributed by atoms with E-state index in [-0.39, 0.29) is 18.1 Å². The number of hydrogen-bond acceptors (Lipinski definition) is 3. The highest BCUT2D eigenvalue weighted by molar-refractivity contribution is 5.93. The van der Waals surface area contributed by atoms with Gasteiger partial charge in [0.05, 0.1) is 11.8 Å². The molecule has 0 aliphatic heterocycles. The number of unbranched alkanes of at least 4 members (excludes halogenated alkanes) is 1. The third-order valence-corrected chi connectivity index (χ3v) is 2.97. The Morgan fingerprint density at radius 3 is 2.65 bits per heavy atom. The van der Waals surface area contributed by atoms with Crippen LogP contribution < -0.4 is 11.1 Å². The molecule has 5 heteroatoms. The number of nitrogens with two attached hydrogens (primary N) is 1. The van der Waals surface area contributed by atoms with Crippen molar-refractivity contribution in [2.75, 3.05) is 18.9 Å². The second-order valence-corrected chi connectivity index (χ2v) is 5.54. The van der Waals surface area contributed by atoms with Crippen molar-refractivity contribution in [1.82, 2.24) is 9.88 Å². The van der Waals surface area contributed by atoms with E-state index in [0.717, 1.165) is 19.4 Å². The second-order valence-electron chi connectivity index (χ2n) is 5.54. The Bertz CT molecular complexity index is 425. The van der Waals surface area contributed by atoms with E-state index in [1.54, 1.807) is 12.3 Å². The molecule has 0 bridgehead atoms. The molecule has 0 saturated carbocycles. The summed E-state index contributed by atoms with van der Waals surface area (Å²) in [7, 11) is 0. The van der Waals surface area contributed by atoms with Gasteiger partial charge in [0.25, 0.3) is 5.91 Å². The molecule has 5 nitrogen and oxygen atoms in total. The summed E-state index contributed by atoms with van der Waals surface area (Å²) in [4.78, 5) is 12.1. The van der Waals surface area contributed by atoms with Crippen molar-refractivity contribution in [3.63, 3.8) is 0 Å². The smallest absolute Gasteiger partial charge is 0.267 e. The largest absolute Gasteiger partial charge is 0.397 e. The first-order valence-electron chi connectivity index (χ1n) is 7.29. The van der Waals surface area contributed by atoms with E-state index < -0.39 is 0 Å². The van der Waals surface area contributed by atoms with Crippen LogP contribution in [0, 0.1) is 0 Å². The predicted molar refractivity (Wildman–Crippen MR) is 81.9 cm³/mol. The number of carbonyl (C=O) groups excluding carboxylic acids is 1. The maximum Gasteiger partial charge on any atom is 0.267 e. The number of amides is 1. The Morgan fingerprint density at radius 2 is 2.05 bits per heavy atom. The van der Waals surface area contributed by atoms with E-state index in [1.165, 1.54) is 0 Å². The van der Waals surface area contributed by atoms with Crippen LogP contribution in [0.5, 0.6) is 0 Å². The van der Waals surface area contributed by atoms with E-state index in [2.05, 4.69) is 5.32 Å². The van der Waals surface area contributed by atoms with Gasteiger partial charge in [-0.25, -0.2) is 0 Å². The monoisotopic (exact) mass is 281 g/mol. The molecule has 0 aliphatic rings. The van der Waals surface area contributed by atoms with E-state index >= 15 is 0 Å². The molecule has 0 spiro atoms. The number of anilines is 1. The quantitative estimate of drug-likeness (QED) is 0.720. The number of nitrogens with zero attached hydrogens (tertiary/aromatic N) is 1. The number of hydrogen-bond donors (Lipinski definition) is 2. The van der Waals surface area contributed by atoms with Crippen molar-refractivity contribution < 1.29 is 9.53 Å². The topological polar surface area (TPSA) is 69.3 Å². The minimum Gasteiger partial charge on any atom is -0.397 e. The summed E-state index contributed by atoms with van der Waals surface area (Å²) < 4.78 is 7.35. The average molecular weight is 281 g/mol. The Labute approximate surface area is 121 Å². The zero-order valence-corrected chi connectivity index (χ0v) is 13.0. The van der Waals surface area contributed by atoms with Gasteiger partial charge in [-0.05, 0) is 46.6 Å². The van der Waals surface area contributed by atoms with Crippen molar-refractivity contribution in [2.45, 2.75) is 52.7 Å². The molecule has 0 fully saturated rings. The number of nitrogen functional groups attached to an aromatic ring is 1. The molecule has 20 heavy (non-hydrogen) atoms. The molecule has 1 aromatic rings. The van der Waals surface area contributed by atoms with Gasteiger partial charge in [0, 0.05) is 25.4 Å². The summed E-state index contributed by atoms with van der Waals surface area (Å²) in [6.45, 7) is 9.49. The number of carbonyl (C=O) groups is 1. The molecule has 1 amide bonds. The van der Waals surface area contributed by atoms with Crippen LogP contribution in [0.2, 0.25) is 0 Å². The van der Waals surface area contributed by atoms with Crippen molar-refractivity contribution in [1.29, 1.82) is 0 Å². The molecular formula is C15H27N3O2. The minimum atomic E-state index is -0.0693. The van der Waals surface area contributed by atoms with Gasteiger partial charge in [0.2, 0.25) is 0 Å². The van der Waals surface area contributed by atoms with Crippen LogP contribution in [-0.2, 0) is 4.74 Å². The third kappa shape index (κ3) is 5.25. The van der Waals surface area contributed by atoms with Crippen LogP contribution in [-0.4, -0.2) is 29.7 Å². The highest BCUT2D eigenvalue weighted by atomic mass is 16.5. The molecule has 0 atom stereocenters. The van der Waals surface area contributed by atoms with Gasteiger partial charge < -0.3 is 20.4 Å². The number of ether oxygens (including phenoxy) is 1. The molecular weight excluding hydrogens is 254 g/mol. The molecule has 0 radical (unpaired) electrons. The summed E-state index contributed by atoms with van der Waals surface area (Å²) in [6.07, 6.45) is 3.93. The molecule has 0 aromatic carbocycles. The van der Waals surface area contributed by atoms with Crippen LogP contribution >= 0.6 is 0 Å². The first-order chi connectivity index (χ1) is 9.41. The SMILES string of the molecule is CC(C)OCCCCNC(=O)c1cc(N)cn1C(C)C. The summed E-state index contributed by atoms with van der Waals surface area (Å²) in [5.41, 5.74) is 7.00. The van der Waals surface area contributed by atoms with Gasteiger partial charge in [-0.3, -0.25) is 4.79 Å². The van der Waals surface area contributed by atoms with Crippen LogP contribution in [0.4, 0.5) is 5.69 Å². The van der Waals surface area contributed by atoms with Crippen LogP contribution in [0.15, 0.2) is 12.3 Å². The summed E-state index contributed by atoms with van der Waals surface area (Å²) in [5.74, 6) is -0.0693. The highest BCUT2D eigenvalue weighted by Gasteiger charge is 2.14. The maximum absolute atomic E-state index is 12.1. The number of aromatic nitrogens is 1. The van der Waals surface area contributed by atoms with Crippen molar-refractivity contribution in [3.05, 3.63) is 18.0 Å². The Morgan fingerprint density at radius 1 is 1.35 bits per heavy atom. The Hall–Kier alpha value is -1.49. The van der Waals surface area contributed by atoms with Crippen LogP contribution in [0.25, 0.3) is 0 Å². The lowest BCUT2D eigenvalue weighted by molar-refractivity contribution is 0.0754. The Balaban J connectivity index is 2.36. The fraction of sp³-hybridized carbons (Fsp3) is 0.667. The van der Waals surface area contributed by atoms with Gasteiger partial charge in [-0.1, -0.05) is 0 Å². The maximum atomic E-state index is 12.1. The van der Waals surface area contributed by atoms with E-state index in [0.29, 0.717) is 17.9 Å². The fourth-order valence-electron chi connectivity index (χ4n) is 1.95. The molecule has 0 unspecified atom stereocenters. The molecule has 1 rings (SSSR count). The van der Waals surface area contributed by atoms with Gasteiger partial charge in [-0.15, -0.1) is 0 Å². The van der Waals surface area contributed by atoms with E-state index in [1.807, 2.05) is 32.3 Å². The molecule has 0 aliphatic carbocycles. The highest BCUT2D eigenvalue weighted by Crippen LogP contribution is 2.16.